The van der Waals surface area contributed by atoms with Gasteiger partial charge in [0.1, 0.15) is 11.7 Å². The fraction of sp³-hybridized carbons (Fsp3) is 0.188. The first kappa shape index (κ1) is 23.2. The molecule has 0 aliphatic carbocycles. The van der Waals surface area contributed by atoms with E-state index < -0.39 is 5.97 Å². The van der Waals surface area contributed by atoms with Gasteiger partial charge in [0, 0.05) is 18.3 Å². The molecule has 1 saturated heterocycles. The maximum absolute atomic E-state index is 11.5. The molecule has 5 aromatic rings. The summed E-state index contributed by atoms with van der Waals surface area (Å²) in [7, 11) is 0. The van der Waals surface area contributed by atoms with Crippen LogP contribution in [0.1, 0.15) is 24.0 Å². The fourth-order valence-corrected chi connectivity index (χ4v) is 5.55. The Morgan fingerprint density at radius 3 is 2.43 bits per heavy atom. The van der Waals surface area contributed by atoms with Crippen molar-refractivity contribution in [1.29, 1.82) is 0 Å². The molecule has 5 heteroatoms. The fourth-order valence-electron chi connectivity index (χ4n) is 5.55. The molecule has 0 bridgehead atoms. The average Bonchev–Trinajstić information content (AvgIpc) is 3.57. The molecular weight excluding hydrogens is 458 g/mol. The summed E-state index contributed by atoms with van der Waals surface area (Å²) in [5.74, 6) is -0.721. The van der Waals surface area contributed by atoms with Crippen LogP contribution in [0.15, 0.2) is 97.3 Å². The van der Waals surface area contributed by atoms with E-state index in [0.29, 0.717) is 6.54 Å². The molecule has 1 aliphatic rings. The first-order valence-electron chi connectivity index (χ1n) is 12.8. The highest BCUT2D eigenvalue weighted by Gasteiger charge is 2.30. The van der Waals surface area contributed by atoms with Crippen LogP contribution in [-0.2, 0) is 11.3 Å². The second-order valence-corrected chi connectivity index (χ2v) is 9.79. The number of hydrogen-bond acceptors (Lipinski definition) is 3. The van der Waals surface area contributed by atoms with Gasteiger partial charge in [-0.2, -0.15) is 0 Å². The number of aromatic nitrogens is 2. The number of rotatable bonds is 6. The van der Waals surface area contributed by atoms with Gasteiger partial charge in [0.2, 0.25) is 0 Å². The van der Waals surface area contributed by atoms with E-state index in [1.54, 1.807) is 0 Å². The third-order valence-corrected chi connectivity index (χ3v) is 7.53. The summed E-state index contributed by atoms with van der Waals surface area (Å²) >= 11 is 0. The number of carboxylic acid groups (broad SMARTS) is 1. The van der Waals surface area contributed by atoms with Crippen molar-refractivity contribution in [2.24, 2.45) is 0 Å². The number of imidazole rings is 1. The predicted molar refractivity (Wildman–Crippen MR) is 147 cm³/mol. The van der Waals surface area contributed by atoms with Crippen LogP contribution < -0.4 is 0 Å². The van der Waals surface area contributed by atoms with E-state index in [9.17, 15) is 9.90 Å². The number of nitrogens with zero attached hydrogens (tertiary/aromatic N) is 3. The maximum atomic E-state index is 11.5. The van der Waals surface area contributed by atoms with Crippen molar-refractivity contribution in [1.82, 2.24) is 14.3 Å². The minimum absolute atomic E-state index is 0.371. The van der Waals surface area contributed by atoms with E-state index in [4.69, 9.17) is 4.98 Å². The number of carbonyl (C=O) groups is 1. The van der Waals surface area contributed by atoms with Crippen molar-refractivity contribution < 1.29 is 9.90 Å². The summed E-state index contributed by atoms with van der Waals surface area (Å²) in [4.78, 5) is 18.3. The average molecular weight is 488 g/mol. The van der Waals surface area contributed by atoms with Gasteiger partial charge in [0.15, 0.2) is 0 Å². The van der Waals surface area contributed by atoms with Gasteiger partial charge >= 0.3 is 5.97 Å². The van der Waals surface area contributed by atoms with Crippen LogP contribution in [0.3, 0.4) is 0 Å². The minimum Gasteiger partial charge on any atom is -0.480 e. The van der Waals surface area contributed by atoms with Gasteiger partial charge < -0.3 is 5.11 Å². The van der Waals surface area contributed by atoms with E-state index in [0.717, 1.165) is 47.4 Å². The molecule has 1 N–H and O–H groups in total. The van der Waals surface area contributed by atoms with E-state index >= 15 is 0 Å². The quantitative estimate of drug-likeness (QED) is 0.290. The lowest BCUT2D eigenvalue weighted by Gasteiger charge is -2.21. The second-order valence-electron chi connectivity index (χ2n) is 9.79. The van der Waals surface area contributed by atoms with E-state index in [2.05, 4.69) is 101 Å². The Bertz CT molecular complexity index is 1570. The van der Waals surface area contributed by atoms with E-state index in [1.165, 1.54) is 22.3 Å². The third kappa shape index (κ3) is 4.43. The highest BCUT2D eigenvalue weighted by atomic mass is 16.4. The molecule has 1 atom stereocenters. The normalized spacial score (nSPS) is 15.9. The van der Waals surface area contributed by atoms with Crippen LogP contribution in [0.2, 0.25) is 0 Å². The van der Waals surface area contributed by atoms with Crippen LogP contribution >= 0.6 is 0 Å². The molecule has 184 valence electrons. The molecule has 0 saturated carbocycles. The molecule has 2 aromatic heterocycles. The SMILES string of the molecule is Cc1c(-c2ccccc2)cccc1-c1ccn2c(-c3ccc(CN4CCCC4C(=O)O)cc3)cnc2c1. The monoisotopic (exact) mass is 487 g/mol. The number of hydrogen-bond donors (Lipinski definition) is 1. The Kier molecular flexibility index (Phi) is 6.07. The van der Waals surface area contributed by atoms with Gasteiger partial charge in [-0.3, -0.25) is 14.1 Å². The summed E-state index contributed by atoms with van der Waals surface area (Å²) in [6, 6.07) is 29.3. The lowest BCUT2D eigenvalue weighted by molar-refractivity contribution is -0.142. The van der Waals surface area contributed by atoms with Crippen molar-refractivity contribution in [2.75, 3.05) is 6.54 Å². The van der Waals surface area contributed by atoms with Gasteiger partial charge in [-0.05, 0) is 71.8 Å². The van der Waals surface area contributed by atoms with Crippen LogP contribution in [0, 0.1) is 6.92 Å². The molecule has 1 unspecified atom stereocenters. The van der Waals surface area contributed by atoms with Crippen LogP contribution in [-0.4, -0.2) is 37.9 Å². The summed E-state index contributed by atoms with van der Waals surface area (Å²) in [6.45, 7) is 3.68. The van der Waals surface area contributed by atoms with Crippen molar-refractivity contribution in [3.05, 3.63) is 108 Å². The topological polar surface area (TPSA) is 57.8 Å². The summed E-state index contributed by atoms with van der Waals surface area (Å²) in [6.07, 6.45) is 5.68. The molecule has 6 rings (SSSR count). The van der Waals surface area contributed by atoms with Crippen LogP contribution in [0.5, 0.6) is 0 Å². The number of aliphatic carboxylic acids is 1. The number of carboxylic acids is 1. The molecule has 1 fully saturated rings. The summed E-state index contributed by atoms with van der Waals surface area (Å²) < 4.78 is 2.12. The maximum Gasteiger partial charge on any atom is 0.320 e. The van der Waals surface area contributed by atoms with Gasteiger partial charge in [-0.1, -0.05) is 72.8 Å². The Hall–Kier alpha value is -4.22. The largest absolute Gasteiger partial charge is 0.480 e. The van der Waals surface area contributed by atoms with Gasteiger partial charge in [-0.25, -0.2) is 4.98 Å². The van der Waals surface area contributed by atoms with Crippen molar-refractivity contribution in [3.8, 4) is 33.5 Å². The molecular formula is C32H29N3O2. The Morgan fingerprint density at radius 2 is 1.68 bits per heavy atom. The van der Waals surface area contributed by atoms with Crippen molar-refractivity contribution in [2.45, 2.75) is 32.4 Å². The summed E-state index contributed by atoms with van der Waals surface area (Å²) in [5, 5.41) is 9.45. The highest BCUT2D eigenvalue weighted by molar-refractivity contribution is 5.80. The lowest BCUT2D eigenvalue weighted by atomic mass is 9.93. The van der Waals surface area contributed by atoms with E-state index in [-0.39, 0.29) is 6.04 Å². The minimum atomic E-state index is -0.721. The van der Waals surface area contributed by atoms with E-state index in [1.807, 2.05) is 12.3 Å². The Morgan fingerprint density at radius 1 is 0.919 bits per heavy atom. The number of benzene rings is 3. The number of likely N-dealkylation sites (tertiary alicyclic amines) is 1. The smallest absolute Gasteiger partial charge is 0.320 e. The first-order valence-corrected chi connectivity index (χ1v) is 12.8. The van der Waals surface area contributed by atoms with Gasteiger partial charge in [0.25, 0.3) is 0 Å². The molecule has 0 spiro atoms. The van der Waals surface area contributed by atoms with Gasteiger partial charge in [-0.15, -0.1) is 0 Å². The number of fused-ring (bicyclic) bond motifs is 1. The molecule has 1 aliphatic heterocycles. The first-order chi connectivity index (χ1) is 18.1. The Labute approximate surface area is 216 Å². The molecule has 5 nitrogen and oxygen atoms in total. The lowest BCUT2D eigenvalue weighted by Crippen LogP contribution is -2.35. The molecule has 0 amide bonds. The molecule has 3 heterocycles. The Balaban J connectivity index is 1.27. The molecule has 3 aromatic carbocycles. The van der Waals surface area contributed by atoms with Crippen molar-refractivity contribution >= 4 is 11.6 Å². The zero-order valence-electron chi connectivity index (χ0n) is 20.8. The molecule has 37 heavy (non-hydrogen) atoms. The zero-order valence-corrected chi connectivity index (χ0v) is 20.8. The zero-order chi connectivity index (χ0) is 25.4. The highest BCUT2D eigenvalue weighted by Crippen LogP contribution is 2.33. The van der Waals surface area contributed by atoms with Crippen LogP contribution in [0.25, 0.3) is 39.2 Å². The van der Waals surface area contributed by atoms with Gasteiger partial charge in [0.05, 0.1) is 11.9 Å². The predicted octanol–water partition coefficient (Wildman–Crippen LogP) is 6.69. The third-order valence-electron chi connectivity index (χ3n) is 7.53. The second kappa shape index (κ2) is 9.68. The summed E-state index contributed by atoms with van der Waals surface area (Å²) in [5.41, 5.74) is 10.2. The van der Waals surface area contributed by atoms with Crippen LogP contribution in [0.4, 0.5) is 0 Å². The molecule has 0 radical (unpaired) electrons. The number of pyridine rings is 1. The van der Waals surface area contributed by atoms with Crippen molar-refractivity contribution in [3.63, 3.8) is 0 Å². The standard InChI is InChI=1S/C32H29N3O2/c1-22-27(24-7-3-2-4-8-24)9-5-10-28(22)26-16-18-35-30(20-33-31(35)19-26)25-14-12-23(13-15-25)21-34-17-6-11-29(34)32(36)37/h2-5,7-10,12-16,18-20,29H,6,11,17,21H2,1H3,(H,36,37).